The summed E-state index contributed by atoms with van der Waals surface area (Å²) in [4.78, 5) is 12.4. The summed E-state index contributed by atoms with van der Waals surface area (Å²) < 4.78 is 0. The van der Waals surface area contributed by atoms with Crippen LogP contribution in [0.5, 0.6) is 0 Å². The van der Waals surface area contributed by atoms with E-state index in [1.54, 1.807) is 18.2 Å². The number of hydrogen-bond donors (Lipinski definition) is 4. The van der Waals surface area contributed by atoms with Crippen molar-refractivity contribution in [3.63, 3.8) is 0 Å². The van der Waals surface area contributed by atoms with Gasteiger partial charge in [0.1, 0.15) is 0 Å². The normalized spacial score (nSPS) is 14.5. The van der Waals surface area contributed by atoms with Gasteiger partial charge in [-0.1, -0.05) is 101 Å². The molecule has 0 saturated heterocycles. The highest BCUT2D eigenvalue weighted by atomic mass is 16.3. The molecule has 0 radical (unpaired) electrons. The first kappa shape index (κ1) is 27.3. The Morgan fingerprint density at radius 3 is 2.10 bits per heavy atom. The first-order valence-electron chi connectivity index (χ1n) is 12.0. The lowest BCUT2D eigenvalue weighted by Gasteiger charge is -2.20. The Labute approximate surface area is 188 Å². The van der Waals surface area contributed by atoms with E-state index in [0.29, 0.717) is 12.0 Å². The first-order chi connectivity index (χ1) is 15.0. The topological polar surface area (TPSA) is 89.8 Å². The molecule has 1 aromatic carbocycles. The zero-order valence-electron chi connectivity index (χ0n) is 19.4. The molecule has 1 amide bonds. The molecule has 0 spiro atoms. The Morgan fingerprint density at radius 2 is 1.52 bits per heavy atom. The molecule has 0 bridgehead atoms. The van der Waals surface area contributed by atoms with Gasteiger partial charge in [0.25, 0.3) is 5.91 Å². The summed E-state index contributed by atoms with van der Waals surface area (Å²) in [5.41, 5.74) is 1.34. The number of aliphatic hydroxyl groups excluding tert-OH is 3. The molecule has 1 rings (SSSR count). The van der Waals surface area contributed by atoms with Crippen LogP contribution in [-0.4, -0.2) is 46.1 Å². The minimum atomic E-state index is -1.07. The molecule has 3 atom stereocenters. The maximum absolute atomic E-state index is 12.4. The van der Waals surface area contributed by atoms with Gasteiger partial charge in [-0.2, -0.15) is 0 Å². The molecular weight excluding hydrogens is 390 g/mol. The summed E-state index contributed by atoms with van der Waals surface area (Å²) >= 11 is 0. The SMILES string of the molecule is CCCCCCCCCCCCC(O)C=CC(O)C(CO)NC(=O)c1ccccc1C. The number of benzene rings is 1. The molecule has 3 unspecified atom stereocenters. The molecule has 31 heavy (non-hydrogen) atoms. The van der Waals surface area contributed by atoms with E-state index in [-0.39, 0.29) is 5.91 Å². The van der Waals surface area contributed by atoms with Gasteiger partial charge in [0.2, 0.25) is 0 Å². The van der Waals surface area contributed by atoms with Gasteiger partial charge in [0.05, 0.1) is 24.9 Å². The Bertz CT molecular complexity index is 632. The maximum Gasteiger partial charge on any atom is 0.251 e. The van der Waals surface area contributed by atoms with Crippen LogP contribution in [0.2, 0.25) is 0 Å². The van der Waals surface area contributed by atoms with Crippen LogP contribution in [0.25, 0.3) is 0 Å². The summed E-state index contributed by atoms with van der Waals surface area (Å²) in [6.45, 7) is 3.68. The van der Waals surface area contributed by atoms with Gasteiger partial charge in [-0.15, -0.1) is 0 Å². The summed E-state index contributed by atoms with van der Waals surface area (Å²) in [7, 11) is 0. The number of carbonyl (C=O) groups is 1. The van der Waals surface area contributed by atoms with Gasteiger partial charge in [-0.05, 0) is 25.0 Å². The molecule has 5 nitrogen and oxygen atoms in total. The summed E-state index contributed by atoms with van der Waals surface area (Å²) in [6.07, 6.45) is 14.4. The van der Waals surface area contributed by atoms with Crippen molar-refractivity contribution in [3.8, 4) is 0 Å². The number of hydrogen-bond acceptors (Lipinski definition) is 4. The van der Waals surface area contributed by atoms with Crippen molar-refractivity contribution < 1.29 is 20.1 Å². The Kier molecular flexibility index (Phi) is 14.9. The third-order valence-electron chi connectivity index (χ3n) is 5.70. The zero-order valence-corrected chi connectivity index (χ0v) is 19.4. The molecular formula is C26H43NO4. The van der Waals surface area contributed by atoms with E-state index in [9.17, 15) is 20.1 Å². The summed E-state index contributed by atoms with van der Waals surface area (Å²) in [5, 5.41) is 32.6. The fourth-order valence-electron chi connectivity index (χ4n) is 3.63. The van der Waals surface area contributed by atoms with Crippen LogP contribution in [0.1, 0.15) is 93.5 Å². The van der Waals surface area contributed by atoms with Crippen molar-refractivity contribution in [1.29, 1.82) is 0 Å². The molecule has 0 aliphatic heterocycles. The lowest BCUT2D eigenvalue weighted by molar-refractivity contribution is 0.0809. The second kappa shape index (κ2) is 16.9. The average molecular weight is 434 g/mol. The third-order valence-corrected chi connectivity index (χ3v) is 5.70. The smallest absolute Gasteiger partial charge is 0.251 e. The number of rotatable bonds is 17. The van der Waals surface area contributed by atoms with Crippen molar-refractivity contribution in [2.45, 2.75) is 103 Å². The highest BCUT2D eigenvalue weighted by molar-refractivity contribution is 5.95. The Hall–Kier alpha value is -1.69. The molecule has 0 aliphatic rings. The molecule has 1 aromatic rings. The van der Waals surface area contributed by atoms with Crippen LogP contribution in [-0.2, 0) is 0 Å². The molecule has 176 valence electrons. The Morgan fingerprint density at radius 1 is 0.935 bits per heavy atom. The molecule has 4 N–H and O–H groups in total. The summed E-state index contributed by atoms with van der Waals surface area (Å²) in [6, 6.07) is 6.34. The number of unbranched alkanes of at least 4 members (excludes halogenated alkanes) is 9. The van der Waals surface area contributed by atoms with Crippen molar-refractivity contribution in [3.05, 3.63) is 47.5 Å². The fourth-order valence-corrected chi connectivity index (χ4v) is 3.63. The largest absolute Gasteiger partial charge is 0.394 e. The second-order valence-electron chi connectivity index (χ2n) is 8.49. The number of amides is 1. The molecule has 5 heteroatoms. The van der Waals surface area contributed by atoms with E-state index >= 15 is 0 Å². The van der Waals surface area contributed by atoms with Crippen molar-refractivity contribution >= 4 is 5.91 Å². The number of carbonyl (C=O) groups excluding carboxylic acids is 1. The molecule has 0 aliphatic carbocycles. The molecule has 0 aromatic heterocycles. The zero-order chi connectivity index (χ0) is 22.9. The standard InChI is InChI=1S/C26H43NO4/c1-3-4-5-6-7-8-9-10-11-12-16-22(29)18-19-25(30)24(20-28)27-26(31)23-17-14-13-15-21(23)2/h13-15,17-19,22,24-25,28-30H,3-12,16,20H2,1-2H3,(H,27,31). The molecule has 0 saturated carbocycles. The quantitative estimate of drug-likeness (QED) is 0.212. The first-order valence-corrected chi connectivity index (χ1v) is 12.0. The number of aliphatic hydroxyl groups is 3. The van der Waals surface area contributed by atoms with E-state index in [2.05, 4.69) is 12.2 Å². The predicted octanol–water partition coefficient (Wildman–Crippen LogP) is 4.67. The van der Waals surface area contributed by atoms with E-state index < -0.39 is 24.9 Å². The second-order valence-corrected chi connectivity index (χ2v) is 8.49. The molecule has 0 heterocycles. The van der Waals surface area contributed by atoms with Crippen molar-refractivity contribution in [2.24, 2.45) is 0 Å². The Balaban J connectivity index is 2.25. The van der Waals surface area contributed by atoms with Gasteiger partial charge >= 0.3 is 0 Å². The third kappa shape index (κ3) is 12.1. The van der Waals surface area contributed by atoms with Gasteiger partial charge < -0.3 is 20.6 Å². The maximum atomic E-state index is 12.4. The van der Waals surface area contributed by atoms with E-state index in [4.69, 9.17) is 0 Å². The average Bonchev–Trinajstić information content (AvgIpc) is 2.77. The van der Waals surface area contributed by atoms with Crippen molar-refractivity contribution in [1.82, 2.24) is 5.32 Å². The number of aryl methyl sites for hydroxylation is 1. The minimum absolute atomic E-state index is 0.337. The van der Waals surface area contributed by atoms with E-state index in [1.807, 2.05) is 19.1 Å². The predicted molar refractivity (Wildman–Crippen MR) is 127 cm³/mol. The van der Waals surface area contributed by atoms with Gasteiger partial charge in [-0.25, -0.2) is 0 Å². The lowest BCUT2D eigenvalue weighted by Crippen LogP contribution is -2.45. The van der Waals surface area contributed by atoms with Crippen LogP contribution >= 0.6 is 0 Å². The van der Waals surface area contributed by atoms with Gasteiger partial charge in [0.15, 0.2) is 0 Å². The van der Waals surface area contributed by atoms with Gasteiger partial charge in [-0.3, -0.25) is 4.79 Å². The fraction of sp³-hybridized carbons (Fsp3) is 0.654. The van der Waals surface area contributed by atoms with Gasteiger partial charge in [0, 0.05) is 5.56 Å². The van der Waals surface area contributed by atoms with Crippen molar-refractivity contribution in [2.75, 3.05) is 6.61 Å². The van der Waals surface area contributed by atoms with Crippen LogP contribution in [0.4, 0.5) is 0 Å². The van der Waals surface area contributed by atoms with Crippen LogP contribution in [0.3, 0.4) is 0 Å². The van der Waals surface area contributed by atoms with Crippen LogP contribution in [0.15, 0.2) is 36.4 Å². The van der Waals surface area contributed by atoms with E-state index in [1.165, 1.54) is 57.4 Å². The highest BCUT2D eigenvalue weighted by Gasteiger charge is 2.20. The molecule has 0 fully saturated rings. The van der Waals surface area contributed by atoms with E-state index in [0.717, 1.165) is 18.4 Å². The highest BCUT2D eigenvalue weighted by Crippen LogP contribution is 2.13. The monoisotopic (exact) mass is 433 g/mol. The van der Waals surface area contributed by atoms with Crippen LogP contribution < -0.4 is 5.32 Å². The minimum Gasteiger partial charge on any atom is -0.394 e. The van der Waals surface area contributed by atoms with Crippen LogP contribution in [0, 0.1) is 6.92 Å². The summed E-state index contributed by atoms with van der Waals surface area (Å²) in [5.74, 6) is -0.337. The lowest BCUT2D eigenvalue weighted by atomic mass is 10.0. The number of nitrogens with one attached hydrogen (secondary N) is 1.